The minimum Gasteiger partial charge on any atom is -0.302 e. The van der Waals surface area contributed by atoms with Crippen LogP contribution < -0.4 is 0 Å². The molecule has 8 heteroatoms. The molecule has 0 aliphatic rings. The number of aromatic nitrogens is 4. The number of benzene rings is 1. The maximum Gasteiger partial charge on any atom is 0.269 e. The molecule has 122 valence electrons. The average molecular weight is 341 g/mol. The van der Waals surface area contributed by atoms with Gasteiger partial charge in [-0.25, -0.2) is 0 Å². The third kappa shape index (κ3) is 3.43. The normalized spacial score (nSPS) is 10.7. The van der Waals surface area contributed by atoms with Crippen molar-refractivity contribution in [2.75, 3.05) is 0 Å². The van der Waals surface area contributed by atoms with Crippen molar-refractivity contribution in [2.24, 2.45) is 0 Å². The van der Waals surface area contributed by atoms with Gasteiger partial charge in [-0.1, -0.05) is 23.9 Å². The molecule has 0 amide bonds. The van der Waals surface area contributed by atoms with Crippen LogP contribution in [0.2, 0.25) is 0 Å². The lowest BCUT2D eigenvalue weighted by atomic mass is 10.2. The molecule has 0 unspecified atom stereocenters. The lowest BCUT2D eigenvalue weighted by molar-refractivity contribution is -0.384. The van der Waals surface area contributed by atoms with Gasteiger partial charge in [-0.05, 0) is 24.6 Å². The number of nitrogens with zero attached hydrogens (tertiary/aromatic N) is 5. The summed E-state index contributed by atoms with van der Waals surface area (Å²) in [5.41, 5.74) is 2.02. The highest BCUT2D eigenvalue weighted by Crippen LogP contribution is 2.26. The Balaban J connectivity index is 1.76. The quantitative estimate of drug-likeness (QED) is 0.387. The summed E-state index contributed by atoms with van der Waals surface area (Å²) in [5.74, 6) is 1.46. The van der Waals surface area contributed by atoms with Crippen LogP contribution in [0.25, 0.3) is 11.4 Å². The van der Waals surface area contributed by atoms with Gasteiger partial charge in [0.15, 0.2) is 11.0 Å². The lowest BCUT2D eigenvalue weighted by Gasteiger charge is -2.07. The molecule has 2 heterocycles. The first-order chi connectivity index (χ1) is 11.7. The first-order valence-corrected chi connectivity index (χ1v) is 8.37. The highest BCUT2D eigenvalue weighted by molar-refractivity contribution is 7.98. The van der Waals surface area contributed by atoms with Crippen molar-refractivity contribution in [3.8, 4) is 11.4 Å². The summed E-state index contributed by atoms with van der Waals surface area (Å²) >= 11 is 1.55. The van der Waals surface area contributed by atoms with E-state index in [0.29, 0.717) is 5.75 Å². The maximum atomic E-state index is 10.7. The van der Waals surface area contributed by atoms with Crippen LogP contribution in [0.3, 0.4) is 0 Å². The summed E-state index contributed by atoms with van der Waals surface area (Å²) < 4.78 is 2.03. The molecule has 0 atom stereocenters. The number of non-ortho nitro benzene ring substituents is 1. The van der Waals surface area contributed by atoms with Crippen molar-refractivity contribution in [2.45, 2.75) is 24.4 Å². The van der Waals surface area contributed by atoms with E-state index in [4.69, 9.17) is 0 Å². The van der Waals surface area contributed by atoms with Crippen LogP contribution in [0.4, 0.5) is 5.69 Å². The zero-order chi connectivity index (χ0) is 16.9. The largest absolute Gasteiger partial charge is 0.302 e. The highest BCUT2D eigenvalue weighted by Gasteiger charge is 2.13. The van der Waals surface area contributed by atoms with Crippen LogP contribution in [-0.4, -0.2) is 24.7 Å². The van der Waals surface area contributed by atoms with Gasteiger partial charge in [-0.15, -0.1) is 10.2 Å². The van der Waals surface area contributed by atoms with Gasteiger partial charge in [0.1, 0.15) is 0 Å². The fourth-order valence-electron chi connectivity index (χ4n) is 2.25. The van der Waals surface area contributed by atoms with E-state index >= 15 is 0 Å². The fraction of sp³-hybridized carbons (Fsp3) is 0.188. The molecule has 0 spiro atoms. The van der Waals surface area contributed by atoms with Gasteiger partial charge >= 0.3 is 0 Å². The Labute approximate surface area is 142 Å². The van der Waals surface area contributed by atoms with Crippen LogP contribution in [0.1, 0.15) is 12.5 Å². The lowest BCUT2D eigenvalue weighted by Crippen LogP contribution is -2.00. The Morgan fingerprint density at radius 2 is 2.00 bits per heavy atom. The summed E-state index contributed by atoms with van der Waals surface area (Å²) in [6, 6.07) is 10.4. The van der Waals surface area contributed by atoms with Gasteiger partial charge < -0.3 is 4.57 Å². The van der Waals surface area contributed by atoms with Crippen LogP contribution in [0, 0.1) is 10.1 Å². The summed E-state index contributed by atoms with van der Waals surface area (Å²) in [5, 5.41) is 20.0. The average Bonchev–Trinajstić information content (AvgIpc) is 3.04. The second kappa shape index (κ2) is 7.22. The molecule has 24 heavy (non-hydrogen) atoms. The monoisotopic (exact) mass is 341 g/mol. The van der Waals surface area contributed by atoms with Gasteiger partial charge in [0.05, 0.1) is 4.92 Å². The molecule has 0 fully saturated rings. The SMILES string of the molecule is CCn1c(SCc2ccc([N+](=O)[O-])cc2)nnc1-c1cccnc1. The molecule has 7 nitrogen and oxygen atoms in total. The molecule has 0 N–H and O–H groups in total. The van der Waals surface area contributed by atoms with Gasteiger partial charge in [0.25, 0.3) is 5.69 Å². The Kier molecular flexibility index (Phi) is 4.85. The second-order valence-electron chi connectivity index (χ2n) is 5.00. The number of hydrogen-bond donors (Lipinski definition) is 0. The van der Waals surface area contributed by atoms with Crippen LogP contribution in [0.5, 0.6) is 0 Å². The maximum absolute atomic E-state index is 10.7. The van der Waals surface area contributed by atoms with E-state index in [9.17, 15) is 10.1 Å². The molecule has 0 aliphatic carbocycles. The second-order valence-corrected chi connectivity index (χ2v) is 5.95. The first-order valence-electron chi connectivity index (χ1n) is 7.38. The van der Waals surface area contributed by atoms with Gasteiger partial charge in [0.2, 0.25) is 0 Å². The van der Waals surface area contributed by atoms with E-state index in [-0.39, 0.29) is 5.69 Å². The molecule has 0 bridgehead atoms. The molecule has 2 aromatic heterocycles. The van der Waals surface area contributed by atoms with E-state index in [2.05, 4.69) is 15.2 Å². The first kappa shape index (κ1) is 16.1. The summed E-state index contributed by atoms with van der Waals surface area (Å²) in [6.07, 6.45) is 3.49. The standard InChI is InChI=1S/C16H15N5O2S/c1-2-20-15(13-4-3-9-17-10-13)18-19-16(20)24-11-12-5-7-14(8-6-12)21(22)23/h3-10H,2,11H2,1H3. The number of pyridine rings is 1. The molecular weight excluding hydrogens is 326 g/mol. The highest BCUT2D eigenvalue weighted by atomic mass is 32.2. The molecular formula is C16H15N5O2S. The van der Waals surface area contributed by atoms with Crippen molar-refractivity contribution in [3.63, 3.8) is 0 Å². The minimum atomic E-state index is -0.398. The molecule has 0 saturated heterocycles. The topological polar surface area (TPSA) is 86.7 Å². The number of thioether (sulfide) groups is 1. The number of nitro benzene ring substituents is 1. The van der Waals surface area contributed by atoms with E-state index < -0.39 is 4.92 Å². The van der Waals surface area contributed by atoms with Gasteiger partial charge in [0, 0.05) is 42.4 Å². The van der Waals surface area contributed by atoms with Crippen molar-refractivity contribution in [1.82, 2.24) is 19.7 Å². The smallest absolute Gasteiger partial charge is 0.269 e. The zero-order valence-electron chi connectivity index (χ0n) is 13.0. The Morgan fingerprint density at radius 3 is 2.62 bits per heavy atom. The Morgan fingerprint density at radius 1 is 1.21 bits per heavy atom. The molecule has 1 aromatic carbocycles. The van der Waals surface area contributed by atoms with E-state index in [1.807, 2.05) is 23.6 Å². The van der Waals surface area contributed by atoms with Crippen LogP contribution in [-0.2, 0) is 12.3 Å². The van der Waals surface area contributed by atoms with Crippen molar-refractivity contribution < 1.29 is 4.92 Å². The molecule has 3 aromatic rings. The van der Waals surface area contributed by atoms with Gasteiger partial charge in [-0.2, -0.15) is 0 Å². The molecule has 3 rings (SSSR count). The van der Waals surface area contributed by atoms with E-state index in [0.717, 1.165) is 28.7 Å². The summed E-state index contributed by atoms with van der Waals surface area (Å²) in [7, 11) is 0. The summed E-state index contributed by atoms with van der Waals surface area (Å²) in [4.78, 5) is 14.4. The number of rotatable bonds is 6. The van der Waals surface area contributed by atoms with E-state index in [1.54, 1.807) is 36.3 Å². The Bertz CT molecular complexity index is 833. The van der Waals surface area contributed by atoms with Crippen molar-refractivity contribution in [1.29, 1.82) is 0 Å². The predicted octanol–water partition coefficient (Wildman–Crippen LogP) is 3.56. The third-order valence-corrected chi connectivity index (χ3v) is 4.51. The van der Waals surface area contributed by atoms with Crippen LogP contribution in [0.15, 0.2) is 53.9 Å². The van der Waals surface area contributed by atoms with Crippen molar-refractivity contribution >= 4 is 17.4 Å². The molecule has 0 radical (unpaired) electrons. The van der Waals surface area contributed by atoms with Crippen molar-refractivity contribution in [3.05, 3.63) is 64.5 Å². The molecule has 0 saturated carbocycles. The predicted molar refractivity (Wildman–Crippen MR) is 91.6 cm³/mol. The third-order valence-electron chi connectivity index (χ3n) is 3.47. The fourth-order valence-corrected chi connectivity index (χ4v) is 3.21. The van der Waals surface area contributed by atoms with Gasteiger partial charge in [-0.3, -0.25) is 15.1 Å². The minimum absolute atomic E-state index is 0.0966. The number of nitro groups is 1. The van der Waals surface area contributed by atoms with E-state index in [1.165, 1.54) is 12.1 Å². The molecule has 0 aliphatic heterocycles. The summed E-state index contributed by atoms with van der Waals surface area (Å²) in [6.45, 7) is 2.79. The Hall–Kier alpha value is -2.74. The zero-order valence-corrected chi connectivity index (χ0v) is 13.8. The number of hydrogen-bond acceptors (Lipinski definition) is 6. The van der Waals surface area contributed by atoms with Crippen LogP contribution >= 0.6 is 11.8 Å².